The first-order valence-corrected chi connectivity index (χ1v) is 8.53. The van der Waals surface area contributed by atoms with Crippen LogP contribution in [0.25, 0.3) is 0 Å². The Kier molecular flexibility index (Phi) is 4.32. The normalized spacial score (nSPS) is 30.9. The van der Waals surface area contributed by atoms with Crippen molar-refractivity contribution in [3.05, 3.63) is 0 Å². The van der Waals surface area contributed by atoms with Crippen LogP contribution in [0, 0.1) is 0 Å². The van der Waals surface area contributed by atoms with Gasteiger partial charge < -0.3 is 10.6 Å². The second-order valence-corrected chi connectivity index (χ2v) is 6.85. The van der Waals surface area contributed by atoms with Gasteiger partial charge in [0, 0.05) is 11.6 Å². The molecule has 0 aromatic heterocycles. The Bertz CT molecular complexity index is 342. The third-order valence-corrected chi connectivity index (χ3v) is 5.75. The Morgan fingerprint density at radius 2 is 2.00 bits per heavy atom. The van der Waals surface area contributed by atoms with Gasteiger partial charge in [-0.05, 0) is 71.0 Å². The Hall–Kier alpha value is -0.610. The summed E-state index contributed by atoms with van der Waals surface area (Å²) in [5, 5.41) is 6.81. The lowest BCUT2D eigenvalue weighted by Crippen LogP contribution is -2.58. The van der Waals surface area contributed by atoms with E-state index in [1.54, 1.807) is 0 Å². The van der Waals surface area contributed by atoms with Crippen LogP contribution in [0.2, 0.25) is 0 Å². The van der Waals surface area contributed by atoms with Crippen molar-refractivity contribution in [1.29, 1.82) is 0 Å². The Balaban J connectivity index is 1.61. The Morgan fingerprint density at radius 3 is 2.60 bits per heavy atom. The average molecular weight is 279 g/mol. The molecule has 1 amide bonds. The van der Waals surface area contributed by atoms with Gasteiger partial charge in [-0.1, -0.05) is 6.92 Å². The zero-order valence-corrected chi connectivity index (χ0v) is 12.8. The molecule has 2 N–H and O–H groups in total. The van der Waals surface area contributed by atoms with Crippen molar-refractivity contribution >= 4 is 5.91 Å². The molecule has 4 heteroatoms. The van der Waals surface area contributed by atoms with E-state index in [4.69, 9.17) is 0 Å². The highest BCUT2D eigenvalue weighted by Crippen LogP contribution is 2.35. The number of rotatable bonds is 4. The molecule has 1 atom stereocenters. The molecular formula is C16H29N3O. The summed E-state index contributed by atoms with van der Waals surface area (Å²) in [5.74, 6) is 0.308. The van der Waals surface area contributed by atoms with Crippen molar-refractivity contribution in [1.82, 2.24) is 15.5 Å². The van der Waals surface area contributed by atoms with Crippen LogP contribution in [-0.4, -0.2) is 48.1 Å². The molecule has 20 heavy (non-hydrogen) atoms. The maximum atomic E-state index is 12.7. The Labute approximate surface area is 122 Å². The van der Waals surface area contributed by atoms with Crippen LogP contribution >= 0.6 is 0 Å². The third-order valence-electron chi connectivity index (χ3n) is 5.75. The summed E-state index contributed by atoms with van der Waals surface area (Å²) >= 11 is 0. The molecule has 1 saturated carbocycles. The molecular weight excluding hydrogens is 250 g/mol. The molecule has 2 aliphatic heterocycles. The number of hydrogen-bond acceptors (Lipinski definition) is 3. The van der Waals surface area contributed by atoms with Crippen LogP contribution in [0.4, 0.5) is 0 Å². The van der Waals surface area contributed by atoms with Crippen molar-refractivity contribution < 1.29 is 4.79 Å². The Morgan fingerprint density at radius 1 is 1.25 bits per heavy atom. The second kappa shape index (κ2) is 6.02. The summed E-state index contributed by atoms with van der Waals surface area (Å²) in [5.41, 5.74) is 0.138. The maximum absolute atomic E-state index is 12.7. The van der Waals surface area contributed by atoms with E-state index in [0.29, 0.717) is 11.9 Å². The predicted octanol–water partition coefficient (Wildman–Crippen LogP) is 1.65. The van der Waals surface area contributed by atoms with Crippen molar-refractivity contribution in [2.24, 2.45) is 0 Å². The van der Waals surface area contributed by atoms with E-state index < -0.39 is 0 Å². The fraction of sp³-hybridized carbons (Fsp3) is 0.938. The first-order chi connectivity index (χ1) is 9.74. The van der Waals surface area contributed by atoms with Crippen LogP contribution in [0.3, 0.4) is 0 Å². The van der Waals surface area contributed by atoms with E-state index in [1.807, 2.05) is 0 Å². The summed E-state index contributed by atoms with van der Waals surface area (Å²) < 4.78 is 0. The van der Waals surface area contributed by atoms with Crippen LogP contribution in [-0.2, 0) is 4.79 Å². The van der Waals surface area contributed by atoms with Crippen molar-refractivity contribution in [2.75, 3.05) is 19.6 Å². The monoisotopic (exact) mass is 279 g/mol. The molecule has 1 unspecified atom stereocenters. The van der Waals surface area contributed by atoms with Crippen LogP contribution < -0.4 is 10.6 Å². The number of amides is 1. The van der Waals surface area contributed by atoms with E-state index in [2.05, 4.69) is 22.5 Å². The lowest BCUT2D eigenvalue weighted by atomic mass is 9.74. The zero-order chi connectivity index (χ0) is 14.0. The summed E-state index contributed by atoms with van der Waals surface area (Å²) in [6, 6.07) is 0.760. The molecule has 1 aliphatic carbocycles. The van der Waals surface area contributed by atoms with E-state index in [9.17, 15) is 4.79 Å². The van der Waals surface area contributed by atoms with Gasteiger partial charge in [0.1, 0.15) is 0 Å². The number of carbonyl (C=O) groups is 1. The molecule has 0 spiro atoms. The van der Waals surface area contributed by atoms with Gasteiger partial charge in [0.2, 0.25) is 5.91 Å². The highest BCUT2D eigenvalue weighted by Gasteiger charge is 2.41. The number of piperidine rings is 1. The quantitative estimate of drug-likeness (QED) is 0.822. The second-order valence-electron chi connectivity index (χ2n) is 6.85. The predicted molar refractivity (Wildman–Crippen MR) is 80.6 cm³/mol. The van der Waals surface area contributed by atoms with Crippen molar-refractivity contribution in [3.8, 4) is 0 Å². The number of nitrogens with zero attached hydrogens (tertiary/aromatic N) is 1. The van der Waals surface area contributed by atoms with Gasteiger partial charge in [-0.25, -0.2) is 0 Å². The fourth-order valence-corrected chi connectivity index (χ4v) is 4.16. The SMILES string of the molecule is CCC1(NC(=O)C2CCCN2C2CCNCC2)CCC1. The molecule has 3 fully saturated rings. The van der Waals surface area contributed by atoms with Gasteiger partial charge in [0.05, 0.1) is 6.04 Å². The molecule has 0 aromatic rings. The van der Waals surface area contributed by atoms with Gasteiger partial charge in [-0.2, -0.15) is 0 Å². The molecule has 3 aliphatic rings. The lowest BCUT2D eigenvalue weighted by molar-refractivity contribution is -0.129. The maximum Gasteiger partial charge on any atom is 0.237 e. The van der Waals surface area contributed by atoms with Gasteiger partial charge in [0.15, 0.2) is 0 Å². The average Bonchev–Trinajstić information content (AvgIpc) is 2.93. The van der Waals surface area contributed by atoms with Gasteiger partial charge in [0.25, 0.3) is 0 Å². The number of hydrogen-bond donors (Lipinski definition) is 2. The van der Waals surface area contributed by atoms with Gasteiger partial charge in [-0.3, -0.25) is 9.69 Å². The molecule has 2 saturated heterocycles. The summed E-state index contributed by atoms with van der Waals surface area (Å²) in [6.07, 6.45) is 9.34. The number of likely N-dealkylation sites (tertiary alicyclic amines) is 1. The van der Waals surface area contributed by atoms with Crippen molar-refractivity contribution in [3.63, 3.8) is 0 Å². The molecule has 2 heterocycles. The largest absolute Gasteiger partial charge is 0.349 e. The van der Waals surface area contributed by atoms with E-state index >= 15 is 0 Å². The van der Waals surface area contributed by atoms with Crippen molar-refractivity contribution in [2.45, 2.75) is 75.9 Å². The summed E-state index contributed by atoms with van der Waals surface area (Å²) in [6.45, 7) is 5.53. The third kappa shape index (κ3) is 2.73. The van der Waals surface area contributed by atoms with Crippen LogP contribution in [0.5, 0.6) is 0 Å². The first kappa shape index (κ1) is 14.3. The first-order valence-electron chi connectivity index (χ1n) is 8.53. The molecule has 3 rings (SSSR count). The molecule has 0 radical (unpaired) electrons. The summed E-state index contributed by atoms with van der Waals surface area (Å²) in [7, 11) is 0. The summed E-state index contributed by atoms with van der Waals surface area (Å²) in [4.78, 5) is 15.2. The molecule has 114 valence electrons. The molecule has 0 aromatic carbocycles. The van der Waals surface area contributed by atoms with Gasteiger partial charge in [-0.15, -0.1) is 0 Å². The highest BCUT2D eigenvalue weighted by molar-refractivity contribution is 5.83. The lowest BCUT2D eigenvalue weighted by Gasteiger charge is -2.44. The number of carbonyl (C=O) groups excluding carboxylic acids is 1. The topological polar surface area (TPSA) is 44.4 Å². The minimum atomic E-state index is 0.138. The van der Waals surface area contributed by atoms with Crippen LogP contribution in [0.15, 0.2) is 0 Å². The van der Waals surface area contributed by atoms with Crippen LogP contribution in [0.1, 0.15) is 58.3 Å². The van der Waals surface area contributed by atoms with Gasteiger partial charge >= 0.3 is 0 Å². The van der Waals surface area contributed by atoms with E-state index in [1.165, 1.54) is 38.5 Å². The van der Waals surface area contributed by atoms with E-state index in [-0.39, 0.29) is 11.6 Å². The molecule has 0 bridgehead atoms. The number of nitrogens with one attached hydrogen (secondary N) is 2. The molecule has 4 nitrogen and oxygen atoms in total. The fourth-order valence-electron chi connectivity index (χ4n) is 4.16. The minimum Gasteiger partial charge on any atom is -0.349 e. The minimum absolute atomic E-state index is 0.138. The highest BCUT2D eigenvalue weighted by atomic mass is 16.2. The zero-order valence-electron chi connectivity index (χ0n) is 12.8. The standard InChI is InChI=1S/C16H29N3O/c1-2-16(8-4-9-16)18-15(20)14-5-3-12-19(14)13-6-10-17-11-7-13/h13-14,17H,2-12H2,1H3,(H,18,20). The van der Waals surface area contributed by atoms with E-state index in [0.717, 1.165) is 32.5 Å². The smallest absolute Gasteiger partial charge is 0.237 e.